The number of piperidine rings is 1. The van der Waals surface area contributed by atoms with E-state index >= 15 is 0 Å². The lowest BCUT2D eigenvalue weighted by Gasteiger charge is -2.41. The van der Waals surface area contributed by atoms with Crippen LogP contribution in [0, 0.1) is 5.92 Å². The minimum atomic E-state index is -0.657. The average molecular weight is 590 g/mol. The number of nitrogens with zero attached hydrogens (tertiary/aromatic N) is 3. The first-order valence-corrected chi connectivity index (χ1v) is 16.8. The van der Waals surface area contributed by atoms with Gasteiger partial charge in [-0.3, -0.25) is 14.6 Å². The molecule has 1 amide bonds. The Labute approximate surface area is 258 Å². The van der Waals surface area contributed by atoms with Gasteiger partial charge >= 0.3 is 12.1 Å². The zero-order valence-corrected chi connectivity index (χ0v) is 26.0. The number of aliphatic carboxylic acids is 1. The third-order valence-corrected chi connectivity index (χ3v) is 10.1. The fourth-order valence-corrected chi connectivity index (χ4v) is 7.81. The van der Waals surface area contributed by atoms with E-state index in [0.29, 0.717) is 6.61 Å². The van der Waals surface area contributed by atoms with Crippen molar-refractivity contribution in [2.24, 2.45) is 5.92 Å². The van der Waals surface area contributed by atoms with E-state index in [1.807, 2.05) is 23.1 Å². The monoisotopic (exact) mass is 589 g/mol. The first-order valence-electron chi connectivity index (χ1n) is 16.8. The molecule has 43 heavy (non-hydrogen) atoms. The largest absolute Gasteiger partial charge is 0.480 e. The van der Waals surface area contributed by atoms with Crippen LogP contribution in [0.3, 0.4) is 0 Å². The summed E-state index contributed by atoms with van der Waals surface area (Å²) >= 11 is 0. The molecule has 1 aliphatic carbocycles. The van der Waals surface area contributed by atoms with Crippen LogP contribution in [-0.2, 0) is 16.0 Å². The number of carboxylic acids is 1. The van der Waals surface area contributed by atoms with Gasteiger partial charge in [-0.15, -0.1) is 0 Å². The molecule has 2 heterocycles. The molecule has 2 aliphatic heterocycles. The predicted octanol–water partition coefficient (Wildman–Crippen LogP) is 6.43. The molecule has 3 atom stereocenters. The maximum absolute atomic E-state index is 13.3. The summed E-state index contributed by atoms with van der Waals surface area (Å²) in [7, 11) is 0. The third kappa shape index (κ3) is 8.18. The van der Waals surface area contributed by atoms with E-state index in [-0.39, 0.29) is 30.0 Å². The molecule has 7 heteroatoms. The number of likely N-dealkylation sites (tertiary alicyclic amines) is 2. The topological polar surface area (TPSA) is 73.3 Å². The van der Waals surface area contributed by atoms with Crippen LogP contribution in [-0.4, -0.2) is 89.3 Å². The number of carboxylic acid groups (broad SMARTS) is 1. The van der Waals surface area contributed by atoms with Gasteiger partial charge < -0.3 is 14.7 Å². The second-order valence-corrected chi connectivity index (χ2v) is 12.9. The molecule has 3 aliphatic rings. The number of ether oxygens (including phenoxy) is 1. The van der Waals surface area contributed by atoms with Gasteiger partial charge in [-0.1, -0.05) is 93.3 Å². The second-order valence-electron chi connectivity index (χ2n) is 12.9. The first-order chi connectivity index (χ1) is 21.0. The van der Waals surface area contributed by atoms with Gasteiger partial charge in [-0.2, -0.15) is 0 Å². The summed E-state index contributed by atoms with van der Waals surface area (Å²) in [5, 5.41) is 10.4. The molecule has 7 nitrogen and oxygen atoms in total. The molecule has 3 unspecified atom stereocenters. The van der Waals surface area contributed by atoms with E-state index in [1.54, 1.807) is 0 Å². The van der Waals surface area contributed by atoms with Crippen molar-refractivity contribution in [2.45, 2.75) is 95.2 Å². The van der Waals surface area contributed by atoms with Gasteiger partial charge in [-0.05, 0) is 49.1 Å². The Hall–Kier alpha value is -2.90. The maximum Gasteiger partial charge on any atom is 0.410 e. The Morgan fingerprint density at radius 2 is 1.60 bits per heavy atom. The molecule has 2 saturated heterocycles. The standard InChI is InChI=1S/C36H51N3O4/c1-2-3-22-39(36(42)43-25-21-28-13-7-4-8-14-28)31-19-23-37(24-20-31)33-27-38(26-32(33)29-15-9-5-10-16-29)34(35(40)41)30-17-11-6-12-18-30/h4-5,7-10,13-16,30-34H,2-3,6,11-12,17-27H2,1H3,(H,40,41). The van der Waals surface area contributed by atoms with Crippen LogP contribution in [0.15, 0.2) is 60.7 Å². The van der Waals surface area contributed by atoms with Crippen molar-refractivity contribution in [3.05, 3.63) is 71.8 Å². The third-order valence-electron chi connectivity index (χ3n) is 10.1. The van der Waals surface area contributed by atoms with Crippen LogP contribution in [0.5, 0.6) is 0 Å². The molecule has 1 saturated carbocycles. The lowest BCUT2D eigenvalue weighted by Crippen LogP contribution is -2.52. The molecule has 3 fully saturated rings. The normalized spacial score (nSPS) is 23.2. The summed E-state index contributed by atoms with van der Waals surface area (Å²) in [6, 6.07) is 20.9. The highest BCUT2D eigenvalue weighted by Crippen LogP contribution is 2.38. The fraction of sp³-hybridized carbons (Fsp3) is 0.611. The molecule has 0 aromatic heterocycles. The van der Waals surface area contributed by atoms with Crippen LogP contribution in [0.2, 0.25) is 0 Å². The fourth-order valence-electron chi connectivity index (χ4n) is 7.81. The highest BCUT2D eigenvalue weighted by molar-refractivity contribution is 5.74. The average Bonchev–Trinajstić information content (AvgIpc) is 3.48. The molecule has 0 radical (unpaired) electrons. The summed E-state index contributed by atoms with van der Waals surface area (Å²) in [6.45, 7) is 6.69. The van der Waals surface area contributed by atoms with Gasteiger partial charge in [0.2, 0.25) is 0 Å². The van der Waals surface area contributed by atoms with Crippen molar-refractivity contribution in [1.29, 1.82) is 0 Å². The summed E-state index contributed by atoms with van der Waals surface area (Å²) < 4.78 is 5.79. The number of rotatable bonds is 12. The smallest absolute Gasteiger partial charge is 0.410 e. The van der Waals surface area contributed by atoms with E-state index in [2.05, 4.69) is 59.2 Å². The van der Waals surface area contributed by atoms with Crippen LogP contribution < -0.4 is 0 Å². The Bertz CT molecular complexity index is 1130. The van der Waals surface area contributed by atoms with Gasteiger partial charge in [0.1, 0.15) is 6.04 Å². The minimum Gasteiger partial charge on any atom is -0.480 e. The zero-order chi connectivity index (χ0) is 30.0. The number of hydrogen-bond donors (Lipinski definition) is 1. The van der Waals surface area contributed by atoms with E-state index in [4.69, 9.17) is 4.74 Å². The zero-order valence-electron chi connectivity index (χ0n) is 26.0. The molecule has 234 valence electrons. The van der Waals surface area contributed by atoms with Crippen molar-refractivity contribution >= 4 is 12.1 Å². The Balaban J connectivity index is 1.24. The lowest BCUT2D eigenvalue weighted by atomic mass is 9.83. The molecule has 2 aromatic rings. The number of carbonyl (C=O) groups excluding carboxylic acids is 1. The Morgan fingerprint density at radius 3 is 2.26 bits per heavy atom. The van der Waals surface area contributed by atoms with Crippen molar-refractivity contribution in [3.8, 4) is 0 Å². The summed E-state index contributed by atoms with van der Waals surface area (Å²) in [6.07, 6.45) is 9.94. The van der Waals surface area contributed by atoms with E-state index in [9.17, 15) is 14.7 Å². The number of hydrogen-bond acceptors (Lipinski definition) is 5. The highest BCUT2D eigenvalue weighted by atomic mass is 16.6. The number of benzene rings is 2. The number of carbonyl (C=O) groups is 2. The van der Waals surface area contributed by atoms with Crippen LogP contribution in [0.1, 0.15) is 81.8 Å². The van der Waals surface area contributed by atoms with Gasteiger partial charge in [-0.25, -0.2) is 4.79 Å². The van der Waals surface area contributed by atoms with Crippen LogP contribution in [0.25, 0.3) is 0 Å². The SMILES string of the molecule is CCCCN(C(=O)OCCc1ccccc1)C1CCN(C2CN(C(C(=O)O)C3CCCCC3)CC2c2ccccc2)CC1. The van der Waals surface area contributed by atoms with Crippen molar-refractivity contribution in [1.82, 2.24) is 14.7 Å². The van der Waals surface area contributed by atoms with Crippen molar-refractivity contribution < 1.29 is 19.4 Å². The molecular formula is C36H51N3O4. The van der Waals surface area contributed by atoms with E-state index < -0.39 is 12.0 Å². The Kier molecular flexibility index (Phi) is 11.5. The quantitative estimate of drug-likeness (QED) is 0.308. The predicted molar refractivity (Wildman–Crippen MR) is 170 cm³/mol. The van der Waals surface area contributed by atoms with E-state index in [1.165, 1.54) is 17.5 Å². The summed E-state index contributed by atoms with van der Waals surface area (Å²) in [5.74, 6) is -0.134. The van der Waals surface area contributed by atoms with Gasteiger partial charge in [0.25, 0.3) is 0 Å². The summed E-state index contributed by atoms with van der Waals surface area (Å²) in [4.78, 5) is 32.8. The first kappa shape index (κ1) is 31.5. The maximum atomic E-state index is 13.3. The molecule has 2 aromatic carbocycles. The molecule has 1 N–H and O–H groups in total. The van der Waals surface area contributed by atoms with Gasteiger partial charge in [0, 0.05) is 57.1 Å². The minimum absolute atomic E-state index is 0.175. The van der Waals surface area contributed by atoms with Crippen LogP contribution >= 0.6 is 0 Å². The summed E-state index contributed by atoms with van der Waals surface area (Å²) in [5.41, 5.74) is 2.48. The van der Waals surface area contributed by atoms with Crippen LogP contribution in [0.4, 0.5) is 4.79 Å². The molecule has 0 spiro atoms. The lowest BCUT2D eigenvalue weighted by molar-refractivity contribution is -0.145. The number of unbranched alkanes of at least 4 members (excludes halogenated alkanes) is 1. The number of amides is 1. The van der Waals surface area contributed by atoms with Crippen molar-refractivity contribution in [3.63, 3.8) is 0 Å². The molecule has 0 bridgehead atoms. The molecule has 5 rings (SSSR count). The van der Waals surface area contributed by atoms with Gasteiger partial charge in [0.05, 0.1) is 6.61 Å². The second kappa shape index (κ2) is 15.7. The van der Waals surface area contributed by atoms with Gasteiger partial charge in [0.15, 0.2) is 0 Å². The highest BCUT2D eigenvalue weighted by Gasteiger charge is 2.45. The van der Waals surface area contributed by atoms with E-state index in [0.717, 1.165) is 90.5 Å². The molecular weight excluding hydrogens is 538 g/mol. The van der Waals surface area contributed by atoms with Crippen molar-refractivity contribution in [2.75, 3.05) is 39.3 Å². The Morgan fingerprint density at radius 1 is 0.930 bits per heavy atom.